The van der Waals surface area contributed by atoms with Gasteiger partial charge in [-0.05, 0) is 55.3 Å². The van der Waals surface area contributed by atoms with E-state index < -0.39 is 0 Å². The Bertz CT molecular complexity index is 363. The first kappa shape index (κ1) is 12.8. The fourth-order valence-corrected chi connectivity index (χ4v) is 6.14. The summed E-state index contributed by atoms with van der Waals surface area (Å²) in [6, 6.07) is 0. The molecule has 18 heavy (non-hydrogen) atoms. The molecule has 1 amide bonds. The van der Waals surface area contributed by atoms with Crippen molar-refractivity contribution < 1.29 is 4.79 Å². The van der Waals surface area contributed by atoms with Crippen molar-refractivity contribution >= 4 is 17.5 Å². The predicted molar refractivity (Wildman–Crippen MR) is 73.6 cm³/mol. The first-order valence-corrected chi connectivity index (χ1v) is 7.77. The first-order valence-electron chi connectivity index (χ1n) is 7.23. The van der Waals surface area contributed by atoms with Crippen LogP contribution in [0.5, 0.6) is 0 Å². The van der Waals surface area contributed by atoms with Gasteiger partial charge in [-0.1, -0.05) is 13.8 Å². The molecule has 0 aromatic rings. The Kier molecular flexibility index (Phi) is 2.75. The molecule has 0 spiro atoms. The molecule has 3 heteroatoms. The van der Waals surface area contributed by atoms with E-state index in [1.54, 1.807) is 0 Å². The Morgan fingerprint density at radius 2 is 1.78 bits per heavy atom. The number of hydrogen-bond acceptors (Lipinski definition) is 1. The number of halogens is 1. The van der Waals surface area contributed by atoms with Gasteiger partial charge in [0, 0.05) is 12.4 Å². The van der Waals surface area contributed by atoms with Crippen LogP contribution in [0.1, 0.15) is 52.4 Å². The Balaban J connectivity index is 1.86. The second-order valence-electron chi connectivity index (χ2n) is 7.86. The number of carbonyl (C=O) groups is 1. The second kappa shape index (κ2) is 3.88. The van der Waals surface area contributed by atoms with Gasteiger partial charge in [-0.3, -0.25) is 4.79 Å². The summed E-state index contributed by atoms with van der Waals surface area (Å²) in [6.45, 7) is 5.42. The van der Waals surface area contributed by atoms with Crippen LogP contribution in [-0.2, 0) is 4.79 Å². The van der Waals surface area contributed by atoms with Crippen molar-refractivity contribution in [3.63, 3.8) is 0 Å². The number of alkyl halides is 1. The van der Waals surface area contributed by atoms with Crippen LogP contribution >= 0.6 is 11.6 Å². The highest BCUT2D eigenvalue weighted by Gasteiger charge is 2.62. The Morgan fingerprint density at radius 1 is 1.17 bits per heavy atom. The van der Waals surface area contributed by atoms with E-state index in [-0.39, 0.29) is 11.3 Å². The summed E-state index contributed by atoms with van der Waals surface area (Å²) in [7, 11) is 0. The van der Waals surface area contributed by atoms with Gasteiger partial charge in [0.05, 0.1) is 5.41 Å². The van der Waals surface area contributed by atoms with Crippen LogP contribution in [-0.4, -0.2) is 18.3 Å². The van der Waals surface area contributed by atoms with Crippen LogP contribution in [0.4, 0.5) is 0 Å². The molecule has 2 unspecified atom stereocenters. The van der Waals surface area contributed by atoms with E-state index in [0.29, 0.717) is 23.3 Å². The van der Waals surface area contributed by atoms with Gasteiger partial charge in [-0.15, -0.1) is 11.6 Å². The Labute approximate surface area is 115 Å². The fraction of sp³-hybridized carbons (Fsp3) is 0.933. The minimum atomic E-state index is -0.0744. The van der Waals surface area contributed by atoms with Crippen LogP contribution in [0.3, 0.4) is 0 Å². The summed E-state index contributed by atoms with van der Waals surface area (Å²) >= 11 is 5.69. The number of nitrogens with one attached hydrogen (secondary N) is 1. The van der Waals surface area contributed by atoms with Gasteiger partial charge in [0.15, 0.2) is 0 Å². The monoisotopic (exact) mass is 269 g/mol. The zero-order chi connectivity index (χ0) is 13.0. The predicted octanol–water partition coefficient (Wildman–Crippen LogP) is 3.34. The molecule has 1 N–H and O–H groups in total. The number of amides is 1. The zero-order valence-electron chi connectivity index (χ0n) is 11.5. The highest BCUT2D eigenvalue weighted by atomic mass is 35.5. The molecule has 4 bridgehead atoms. The maximum atomic E-state index is 12.6. The fourth-order valence-electron chi connectivity index (χ4n) is 6.05. The van der Waals surface area contributed by atoms with Crippen molar-refractivity contribution in [1.82, 2.24) is 5.32 Å². The van der Waals surface area contributed by atoms with Crippen LogP contribution in [0, 0.1) is 22.2 Å². The average Bonchev–Trinajstić information content (AvgIpc) is 2.20. The molecule has 0 aliphatic heterocycles. The average molecular weight is 270 g/mol. The van der Waals surface area contributed by atoms with Crippen molar-refractivity contribution in [2.24, 2.45) is 22.2 Å². The van der Waals surface area contributed by atoms with Crippen molar-refractivity contribution in [2.75, 3.05) is 12.4 Å². The lowest BCUT2D eigenvalue weighted by Gasteiger charge is -2.64. The summed E-state index contributed by atoms with van der Waals surface area (Å²) in [6.07, 6.45) is 7.31. The SMILES string of the molecule is CC12CC3CC(C)(C1)CC(C(=O)NCCCl)(C3)C2. The maximum absolute atomic E-state index is 12.6. The standard InChI is InChI=1S/C15H24ClNO/c1-13-5-11-6-14(2,8-13)10-15(7-11,9-13)12(18)17-4-3-16/h11H,3-10H2,1-2H3,(H,17,18). The maximum Gasteiger partial charge on any atom is 0.226 e. The molecular formula is C15H24ClNO. The summed E-state index contributed by atoms with van der Waals surface area (Å²) in [5.41, 5.74) is 0.744. The van der Waals surface area contributed by atoms with Crippen molar-refractivity contribution in [2.45, 2.75) is 52.4 Å². The molecule has 0 heterocycles. The quantitative estimate of drug-likeness (QED) is 0.783. The smallest absolute Gasteiger partial charge is 0.226 e. The summed E-state index contributed by atoms with van der Waals surface area (Å²) in [4.78, 5) is 12.6. The van der Waals surface area contributed by atoms with E-state index in [1.165, 1.54) is 19.3 Å². The van der Waals surface area contributed by atoms with Gasteiger partial charge < -0.3 is 5.32 Å². The molecule has 4 aliphatic carbocycles. The Morgan fingerprint density at radius 3 is 2.28 bits per heavy atom. The van der Waals surface area contributed by atoms with Gasteiger partial charge in [-0.2, -0.15) is 0 Å². The first-order chi connectivity index (χ1) is 8.39. The molecule has 0 aromatic heterocycles. The van der Waals surface area contributed by atoms with Crippen molar-refractivity contribution in [1.29, 1.82) is 0 Å². The molecule has 102 valence electrons. The number of hydrogen-bond donors (Lipinski definition) is 1. The van der Waals surface area contributed by atoms with Gasteiger partial charge in [-0.25, -0.2) is 0 Å². The largest absolute Gasteiger partial charge is 0.354 e. The lowest BCUT2D eigenvalue weighted by Crippen LogP contribution is -2.60. The highest BCUT2D eigenvalue weighted by molar-refractivity contribution is 6.18. The third-order valence-electron chi connectivity index (χ3n) is 5.49. The minimum absolute atomic E-state index is 0.0744. The molecule has 4 rings (SSSR count). The van der Waals surface area contributed by atoms with E-state index in [4.69, 9.17) is 11.6 Å². The molecule has 4 aliphatic rings. The van der Waals surface area contributed by atoms with E-state index >= 15 is 0 Å². The lowest BCUT2D eigenvalue weighted by atomic mass is 9.40. The van der Waals surface area contributed by atoms with Gasteiger partial charge in [0.1, 0.15) is 0 Å². The molecule has 4 saturated carbocycles. The summed E-state index contributed by atoms with van der Waals surface area (Å²) in [5, 5.41) is 3.05. The topological polar surface area (TPSA) is 29.1 Å². The van der Waals surface area contributed by atoms with E-state index in [0.717, 1.165) is 25.2 Å². The zero-order valence-corrected chi connectivity index (χ0v) is 12.3. The molecule has 0 radical (unpaired) electrons. The minimum Gasteiger partial charge on any atom is -0.354 e. The van der Waals surface area contributed by atoms with Crippen LogP contribution < -0.4 is 5.32 Å². The van der Waals surface area contributed by atoms with Crippen molar-refractivity contribution in [3.8, 4) is 0 Å². The van der Waals surface area contributed by atoms with Crippen LogP contribution in [0.2, 0.25) is 0 Å². The lowest BCUT2D eigenvalue weighted by molar-refractivity contribution is -0.170. The van der Waals surface area contributed by atoms with Gasteiger partial charge in [0.25, 0.3) is 0 Å². The van der Waals surface area contributed by atoms with E-state index in [1.807, 2.05) is 0 Å². The Hall–Kier alpha value is -0.240. The van der Waals surface area contributed by atoms with E-state index in [2.05, 4.69) is 19.2 Å². The molecule has 0 saturated heterocycles. The van der Waals surface area contributed by atoms with Gasteiger partial charge >= 0.3 is 0 Å². The van der Waals surface area contributed by atoms with Crippen LogP contribution in [0.15, 0.2) is 0 Å². The summed E-state index contributed by atoms with van der Waals surface area (Å²) in [5.74, 6) is 1.57. The number of carbonyl (C=O) groups excluding carboxylic acids is 1. The summed E-state index contributed by atoms with van der Waals surface area (Å²) < 4.78 is 0. The highest BCUT2D eigenvalue weighted by Crippen LogP contribution is 2.69. The van der Waals surface area contributed by atoms with Crippen LogP contribution in [0.25, 0.3) is 0 Å². The van der Waals surface area contributed by atoms with E-state index in [9.17, 15) is 4.79 Å². The third-order valence-corrected chi connectivity index (χ3v) is 5.68. The van der Waals surface area contributed by atoms with Gasteiger partial charge in [0.2, 0.25) is 5.91 Å². The molecule has 2 nitrogen and oxygen atoms in total. The normalized spacial score (nSPS) is 49.4. The third kappa shape index (κ3) is 1.88. The van der Waals surface area contributed by atoms with Crippen molar-refractivity contribution in [3.05, 3.63) is 0 Å². The second-order valence-corrected chi connectivity index (χ2v) is 8.23. The molecular weight excluding hydrogens is 246 g/mol. The molecule has 2 atom stereocenters. The molecule has 0 aromatic carbocycles. The number of rotatable bonds is 3. The molecule has 4 fully saturated rings.